The fraction of sp³-hybridized carbons (Fsp3) is 0.0769. The maximum atomic E-state index is 10.4. The lowest BCUT2D eigenvalue weighted by Crippen LogP contribution is -1.96. The molecular weight excluding hydrogens is 254 g/mol. The van der Waals surface area contributed by atoms with Crippen LogP contribution in [0.1, 0.15) is 21.9 Å². The van der Waals surface area contributed by atoms with Gasteiger partial charge in [-0.25, -0.2) is 0 Å². The summed E-state index contributed by atoms with van der Waals surface area (Å²) in [5.74, 6) is 1.12. The lowest BCUT2D eigenvalue weighted by atomic mass is 10.2. The van der Waals surface area contributed by atoms with Gasteiger partial charge in [-0.05, 0) is 24.3 Å². The number of ether oxygens (including phenoxy) is 1. The zero-order valence-corrected chi connectivity index (χ0v) is 9.98. The van der Waals surface area contributed by atoms with E-state index in [9.17, 15) is 4.79 Å². The Labute approximate surface area is 108 Å². The summed E-state index contributed by atoms with van der Waals surface area (Å²) in [5, 5.41) is 9.29. The fourth-order valence-electron chi connectivity index (χ4n) is 1.42. The van der Waals surface area contributed by atoms with Gasteiger partial charge in [0, 0.05) is 0 Å². The Balaban J connectivity index is 2.13. The number of hydrogen-bond acceptors (Lipinski definition) is 4. The largest absolute Gasteiger partial charge is 0.484 e. The van der Waals surface area contributed by atoms with Crippen LogP contribution in [-0.4, -0.2) is 6.29 Å². The van der Waals surface area contributed by atoms with Gasteiger partial charge in [-0.1, -0.05) is 17.7 Å². The van der Waals surface area contributed by atoms with E-state index in [0.717, 1.165) is 0 Å². The van der Waals surface area contributed by atoms with E-state index >= 15 is 0 Å². The summed E-state index contributed by atoms with van der Waals surface area (Å²) in [6.45, 7) is 0.128. The van der Waals surface area contributed by atoms with Crippen molar-refractivity contribution >= 4 is 17.9 Å². The second-order valence-corrected chi connectivity index (χ2v) is 3.84. The molecule has 5 heteroatoms. The van der Waals surface area contributed by atoms with E-state index in [4.69, 9.17) is 26.0 Å². The van der Waals surface area contributed by atoms with E-state index in [-0.39, 0.29) is 17.9 Å². The van der Waals surface area contributed by atoms with Crippen LogP contribution in [0.25, 0.3) is 0 Å². The van der Waals surface area contributed by atoms with E-state index in [1.165, 1.54) is 0 Å². The molecule has 0 aliphatic carbocycles. The van der Waals surface area contributed by atoms with Crippen molar-refractivity contribution < 1.29 is 13.9 Å². The molecule has 0 aliphatic rings. The molecule has 0 N–H and O–H groups in total. The lowest BCUT2D eigenvalue weighted by molar-refractivity contribution is 0.109. The highest BCUT2D eigenvalue weighted by atomic mass is 35.5. The fourth-order valence-corrected chi connectivity index (χ4v) is 1.63. The molecule has 0 radical (unpaired) electrons. The third-order valence-electron chi connectivity index (χ3n) is 2.26. The monoisotopic (exact) mass is 261 g/mol. The number of halogens is 1. The van der Waals surface area contributed by atoms with Gasteiger partial charge in [-0.15, -0.1) is 0 Å². The molecule has 2 rings (SSSR count). The Kier molecular flexibility index (Phi) is 3.66. The molecular formula is C13H8ClNO3. The summed E-state index contributed by atoms with van der Waals surface area (Å²) >= 11 is 5.87. The van der Waals surface area contributed by atoms with Crippen LogP contribution in [0.3, 0.4) is 0 Å². The number of furan rings is 1. The van der Waals surface area contributed by atoms with Gasteiger partial charge in [0.25, 0.3) is 0 Å². The van der Waals surface area contributed by atoms with Gasteiger partial charge in [0.15, 0.2) is 12.0 Å². The third kappa shape index (κ3) is 2.53. The number of carbonyl (C=O) groups is 1. The van der Waals surface area contributed by atoms with E-state index in [1.807, 2.05) is 6.07 Å². The Morgan fingerprint density at radius 3 is 2.89 bits per heavy atom. The molecule has 0 saturated heterocycles. The molecule has 0 unspecified atom stereocenters. The maximum Gasteiger partial charge on any atom is 0.185 e. The standard InChI is InChI=1S/C13H8ClNO3/c14-12-2-1-3-13(11(12)6-15)17-8-10-5-4-9(7-16)18-10/h1-5,7H,8H2. The summed E-state index contributed by atoms with van der Waals surface area (Å²) in [5.41, 5.74) is 0.279. The summed E-state index contributed by atoms with van der Waals surface area (Å²) in [4.78, 5) is 10.4. The third-order valence-corrected chi connectivity index (χ3v) is 2.57. The number of rotatable bonds is 4. The Morgan fingerprint density at radius 1 is 1.39 bits per heavy atom. The van der Waals surface area contributed by atoms with Crippen molar-refractivity contribution in [1.82, 2.24) is 0 Å². The molecule has 1 aromatic carbocycles. The summed E-state index contributed by atoms with van der Waals surface area (Å²) in [6.07, 6.45) is 0.615. The average Bonchev–Trinajstić information content (AvgIpc) is 2.84. The van der Waals surface area contributed by atoms with Crippen molar-refractivity contribution in [3.05, 3.63) is 52.4 Å². The first kappa shape index (κ1) is 12.2. The van der Waals surface area contributed by atoms with Crippen LogP contribution in [0, 0.1) is 11.3 Å². The second-order valence-electron chi connectivity index (χ2n) is 3.44. The maximum absolute atomic E-state index is 10.4. The van der Waals surface area contributed by atoms with Crippen molar-refractivity contribution in [1.29, 1.82) is 5.26 Å². The molecule has 1 heterocycles. The van der Waals surface area contributed by atoms with Gasteiger partial charge in [0.05, 0.1) is 5.02 Å². The highest BCUT2D eigenvalue weighted by Gasteiger charge is 2.08. The average molecular weight is 262 g/mol. The molecule has 90 valence electrons. The van der Waals surface area contributed by atoms with Crippen molar-refractivity contribution in [2.45, 2.75) is 6.61 Å². The topological polar surface area (TPSA) is 63.2 Å². The number of nitrogens with zero attached hydrogens (tertiary/aromatic N) is 1. The summed E-state index contributed by atoms with van der Waals surface area (Å²) in [6, 6.07) is 10.1. The van der Waals surface area contributed by atoms with Crippen LogP contribution >= 0.6 is 11.6 Å². The van der Waals surface area contributed by atoms with E-state index in [0.29, 0.717) is 22.8 Å². The Morgan fingerprint density at radius 2 is 2.22 bits per heavy atom. The predicted molar refractivity (Wildman–Crippen MR) is 64.6 cm³/mol. The van der Waals surface area contributed by atoms with Crippen LogP contribution < -0.4 is 4.74 Å². The van der Waals surface area contributed by atoms with Gasteiger partial charge >= 0.3 is 0 Å². The normalized spacial score (nSPS) is 9.78. The number of hydrogen-bond donors (Lipinski definition) is 0. The van der Waals surface area contributed by atoms with Gasteiger partial charge in [-0.3, -0.25) is 4.79 Å². The minimum atomic E-state index is 0.128. The smallest absolute Gasteiger partial charge is 0.185 e. The summed E-state index contributed by atoms with van der Waals surface area (Å²) in [7, 11) is 0. The second kappa shape index (κ2) is 5.39. The van der Waals surface area contributed by atoms with Crippen molar-refractivity contribution in [2.24, 2.45) is 0 Å². The van der Waals surface area contributed by atoms with Gasteiger partial charge in [-0.2, -0.15) is 5.26 Å². The van der Waals surface area contributed by atoms with Crippen LogP contribution in [0.4, 0.5) is 0 Å². The number of nitriles is 1. The van der Waals surface area contributed by atoms with Gasteiger partial charge in [0.1, 0.15) is 29.7 Å². The van der Waals surface area contributed by atoms with Crippen LogP contribution in [0.15, 0.2) is 34.7 Å². The first-order valence-electron chi connectivity index (χ1n) is 5.10. The molecule has 0 spiro atoms. The number of carbonyl (C=O) groups excluding carboxylic acids is 1. The van der Waals surface area contributed by atoms with Crippen molar-refractivity contribution in [3.8, 4) is 11.8 Å². The van der Waals surface area contributed by atoms with Crippen LogP contribution in [0.5, 0.6) is 5.75 Å². The molecule has 4 nitrogen and oxygen atoms in total. The quantitative estimate of drug-likeness (QED) is 0.793. The molecule has 1 aromatic heterocycles. The molecule has 0 aliphatic heterocycles. The van der Waals surface area contributed by atoms with Crippen LogP contribution in [0.2, 0.25) is 5.02 Å². The van der Waals surface area contributed by atoms with E-state index in [2.05, 4.69) is 0 Å². The van der Waals surface area contributed by atoms with E-state index < -0.39 is 0 Å². The Hall–Kier alpha value is -2.25. The minimum absolute atomic E-state index is 0.128. The SMILES string of the molecule is N#Cc1c(Cl)cccc1OCc1ccc(C=O)o1. The van der Waals surface area contributed by atoms with Crippen LogP contribution in [-0.2, 0) is 6.61 Å². The predicted octanol–water partition coefficient (Wildman–Crippen LogP) is 3.20. The zero-order valence-electron chi connectivity index (χ0n) is 9.22. The molecule has 18 heavy (non-hydrogen) atoms. The molecule has 0 atom stereocenters. The first-order chi connectivity index (χ1) is 8.74. The molecule has 2 aromatic rings. The number of benzene rings is 1. The zero-order chi connectivity index (χ0) is 13.0. The van der Waals surface area contributed by atoms with Crippen molar-refractivity contribution in [2.75, 3.05) is 0 Å². The van der Waals surface area contributed by atoms with Crippen molar-refractivity contribution in [3.63, 3.8) is 0 Å². The molecule has 0 saturated carbocycles. The molecule has 0 bridgehead atoms. The van der Waals surface area contributed by atoms with Gasteiger partial charge in [0.2, 0.25) is 0 Å². The lowest BCUT2D eigenvalue weighted by Gasteiger charge is -2.06. The molecule has 0 fully saturated rings. The molecule has 0 amide bonds. The summed E-state index contributed by atoms with van der Waals surface area (Å²) < 4.78 is 10.6. The Bertz CT molecular complexity index is 613. The highest BCUT2D eigenvalue weighted by molar-refractivity contribution is 6.31. The minimum Gasteiger partial charge on any atom is -0.484 e. The first-order valence-corrected chi connectivity index (χ1v) is 5.47. The highest BCUT2D eigenvalue weighted by Crippen LogP contribution is 2.26. The van der Waals surface area contributed by atoms with Gasteiger partial charge < -0.3 is 9.15 Å². The van der Waals surface area contributed by atoms with E-state index in [1.54, 1.807) is 30.3 Å². The number of aldehydes is 1.